The molecule has 0 spiro atoms. The van der Waals surface area contributed by atoms with Crippen LogP contribution in [0.2, 0.25) is 0 Å². The quantitative estimate of drug-likeness (QED) is 0.522. The van der Waals surface area contributed by atoms with Gasteiger partial charge in [0, 0.05) is 24.6 Å². The van der Waals surface area contributed by atoms with E-state index in [1.807, 2.05) is 12.2 Å². The average molecular weight is 471 g/mol. The number of hydrogen-bond donors (Lipinski definition) is 3. The number of nitrogens with zero attached hydrogens (tertiary/aromatic N) is 3. The van der Waals surface area contributed by atoms with Crippen molar-refractivity contribution in [3.8, 4) is 0 Å². The summed E-state index contributed by atoms with van der Waals surface area (Å²) in [6.45, 7) is 1.77. The predicted molar refractivity (Wildman–Crippen MR) is 113 cm³/mol. The van der Waals surface area contributed by atoms with Gasteiger partial charge >= 0.3 is 12.1 Å². The average Bonchev–Trinajstić information content (AvgIpc) is 2.68. The van der Waals surface area contributed by atoms with Gasteiger partial charge in [0.15, 0.2) is 0 Å². The SMILES string of the molecule is CCCCN(C(=O)NC(=O)Nc1ccc(S(=O)(=O)Nc2ncccn2)cc1)S(C)(=O)=O. The normalized spacial score (nSPS) is 11.4. The fraction of sp³-hybridized carbons (Fsp3) is 0.294. The number of aromatic nitrogens is 2. The molecule has 3 N–H and O–H groups in total. The molecule has 0 atom stereocenters. The van der Waals surface area contributed by atoms with Crippen molar-refractivity contribution in [2.75, 3.05) is 22.8 Å². The van der Waals surface area contributed by atoms with Crippen LogP contribution < -0.4 is 15.4 Å². The van der Waals surface area contributed by atoms with E-state index in [1.165, 1.54) is 42.7 Å². The molecule has 0 saturated carbocycles. The molecule has 31 heavy (non-hydrogen) atoms. The smallest absolute Gasteiger partial charge is 0.308 e. The summed E-state index contributed by atoms with van der Waals surface area (Å²) < 4.78 is 50.9. The van der Waals surface area contributed by atoms with Gasteiger partial charge in [0.1, 0.15) is 0 Å². The molecule has 0 bridgehead atoms. The van der Waals surface area contributed by atoms with Crippen LogP contribution in [0.4, 0.5) is 21.2 Å². The summed E-state index contributed by atoms with van der Waals surface area (Å²) in [4.78, 5) is 31.6. The third-order valence-electron chi connectivity index (χ3n) is 3.78. The van der Waals surface area contributed by atoms with E-state index in [0.717, 1.165) is 6.26 Å². The number of urea groups is 2. The maximum Gasteiger partial charge on any atom is 0.339 e. The molecule has 1 aromatic heterocycles. The Kier molecular flexibility index (Phi) is 7.88. The molecule has 0 aliphatic rings. The first kappa shape index (κ1) is 24.0. The van der Waals surface area contributed by atoms with Crippen LogP contribution >= 0.6 is 0 Å². The molecule has 0 aliphatic carbocycles. The van der Waals surface area contributed by atoms with E-state index in [2.05, 4.69) is 20.0 Å². The summed E-state index contributed by atoms with van der Waals surface area (Å²) in [5.41, 5.74) is 0.180. The molecule has 0 saturated heterocycles. The van der Waals surface area contributed by atoms with Gasteiger partial charge < -0.3 is 5.32 Å². The van der Waals surface area contributed by atoms with E-state index in [1.54, 1.807) is 0 Å². The Hall–Kier alpha value is -3.26. The Morgan fingerprint density at radius 2 is 1.65 bits per heavy atom. The summed E-state index contributed by atoms with van der Waals surface area (Å²) >= 11 is 0. The third-order valence-corrected chi connectivity index (χ3v) is 6.27. The lowest BCUT2D eigenvalue weighted by Crippen LogP contribution is -2.47. The van der Waals surface area contributed by atoms with E-state index >= 15 is 0 Å². The summed E-state index contributed by atoms with van der Waals surface area (Å²) in [7, 11) is -7.79. The third kappa shape index (κ3) is 7.18. The number of anilines is 2. The molecule has 0 radical (unpaired) electrons. The zero-order valence-corrected chi connectivity index (χ0v) is 18.4. The number of carbonyl (C=O) groups is 2. The first-order valence-corrected chi connectivity index (χ1v) is 12.4. The first-order valence-electron chi connectivity index (χ1n) is 9.02. The van der Waals surface area contributed by atoms with Gasteiger partial charge in [-0.1, -0.05) is 13.3 Å². The molecule has 0 fully saturated rings. The lowest BCUT2D eigenvalue weighted by atomic mass is 10.3. The minimum Gasteiger partial charge on any atom is -0.308 e. The number of amides is 4. The van der Waals surface area contributed by atoms with E-state index in [0.29, 0.717) is 17.1 Å². The summed E-state index contributed by atoms with van der Waals surface area (Å²) in [5.74, 6) is -0.0962. The van der Waals surface area contributed by atoms with E-state index in [-0.39, 0.29) is 23.1 Å². The van der Waals surface area contributed by atoms with Crippen LogP contribution in [0.25, 0.3) is 0 Å². The molecular weight excluding hydrogens is 448 g/mol. The van der Waals surface area contributed by atoms with Gasteiger partial charge in [-0.3, -0.25) is 5.32 Å². The fourth-order valence-electron chi connectivity index (χ4n) is 2.29. The van der Waals surface area contributed by atoms with Gasteiger partial charge in [0.2, 0.25) is 16.0 Å². The van der Waals surface area contributed by atoms with Gasteiger partial charge in [0.25, 0.3) is 10.0 Å². The van der Waals surface area contributed by atoms with Crippen molar-refractivity contribution in [2.24, 2.45) is 0 Å². The Balaban J connectivity index is 2.02. The minimum atomic E-state index is -3.94. The van der Waals surface area contributed by atoms with Crippen LogP contribution in [0.1, 0.15) is 19.8 Å². The van der Waals surface area contributed by atoms with Crippen LogP contribution in [0, 0.1) is 0 Å². The summed E-state index contributed by atoms with van der Waals surface area (Å²) in [6.07, 6.45) is 4.73. The maximum absolute atomic E-state index is 12.3. The van der Waals surface area contributed by atoms with E-state index < -0.39 is 32.1 Å². The highest BCUT2D eigenvalue weighted by atomic mass is 32.2. The Bertz CT molecular complexity index is 1120. The topological polar surface area (TPSA) is 168 Å². The van der Waals surface area contributed by atoms with Gasteiger partial charge in [-0.2, -0.15) is 0 Å². The molecule has 1 aromatic carbocycles. The molecule has 2 aromatic rings. The largest absolute Gasteiger partial charge is 0.339 e. The van der Waals surface area contributed by atoms with E-state index in [9.17, 15) is 26.4 Å². The van der Waals surface area contributed by atoms with Crippen LogP contribution in [0.15, 0.2) is 47.6 Å². The number of nitrogens with one attached hydrogen (secondary N) is 3. The lowest BCUT2D eigenvalue weighted by Gasteiger charge is -2.20. The molecule has 0 aliphatic heterocycles. The Morgan fingerprint density at radius 1 is 1.03 bits per heavy atom. The van der Waals surface area contributed by atoms with Crippen molar-refractivity contribution in [3.05, 3.63) is 42.7 Å². The van der Waals surface area contributed by atoms with Crippen molar-refractivity contribution < 1.29 is 26.4 Å². The van der Waals surface area contributed by atoms with Crippen molar-refractivity contribution in [1.29, 1.82) is 0 Å². The van der Waals surface area contributed by atoms with Crippen LogP contribution in [0.3, 0.4) is 0 Å². The molecule has 168 valence electrons. The second-order valence-electron chi connectivity index (χ2n) is 6.28. The standard InChI is InChI=1S/C17H22N6O6S2/c1-3-4-12-23(30(2,26)27)17(25)21-16(24)20-13-6-8-14(9-7-13)31(28,29)22-15-18-10-5-11-19-15/h5-11H,3-4,12H2,1-2H3,(H,18,19,22)(H2,20,21,24,25). The lowest BCUT2D eigenvalue weighted by molar-refractivity contribution is 0.219. The number of hydrogen-bond acceptors (Lipinski definition) is 8. The number of rotatable bonds is 8. The molecule has 14 heteroatoms. The first-order chi connectivity index (χ1) is 14.5. The van der Waals surface area contributed by atoms with Crippen molar-refractivity contribution in [3.63, 3.8) is 0 Å². The molecule has 12 nitrogen and oxygen atoms in total. The maximum atomic E-state index is 12.3. The molecule has 1 heterocycles. The van der Waals surface area contributed by atoms with Gasteiger partial charge in [-0.15, -0.1) is 0 Å². The highest BCUT2D eigenvalue weighted by molar-refractivity contribution is 7.92. The molecule has 0 unspecified atom stereocenters. The van der Waals surface area contributed by atoms with E-state index in [4.69, 9.17) is 0 Å². The Labute approximate surface area is 180 Å². The monoisotopic (exact) mass is 470 g/mol. The zero-order chi connectivity index (χ0) is 23.1. The molecular formula is C17H22N6O6S2. The van der Waals surface area contributed by atoms with Crippen molar-refractivity contribution >= 4 is 43.7 Å². The van der Waals surface area contributed by atoms with Gasteiger partial charge in [-0.25, -0.2) is 45.4 Å². The number of unbranched alkanes of at least 4 members (excludes halogenated alkanes) is 1. The predicted octanol–water partition coefficient (Wildman–Crippen LogP) is 1.58. The number of sulfonamides is 2. The molecule has 4 amide bonds. The summed E-state index contributed by atoms with van der Waals surface area (Å²) in [5, 5.41) is 4.26. The van der Waals surface area contributed by atoms with Gasteiger partial charge in [-0.05, 0) is 36.8 Å². The van der Waals surface area contributed by atoms with Crippen LogP contribution in [0.5, 0.6) is 0 Å². The highest BCUT2D eigenvalue weighted by Crippen LogP contribution is 2.16. The second kappa shape index (κ2) is 10.2. The minimum absolute atomic E-state index is 0.0564. The number of carbonyl (C=O) groups excluding carboxylic acids is 2. The van der Waals surface area contributed by atoms with Crippen molar-refractivity contribution in [1.82, 2.24) is 19.6 Å². The number of imide groups is 1. The van der Waals surface area contributed by atoms with Crippen LogP contribution in [-0.4, -0.2) is 56.0 Å². The Morgan fingerprint density at radius 3 is 2.19 bits per heavy atom. The molecule has 2 rings (SSSR count). The van der Waals surface area contributed by atoms with Crippen LogP contribution in [-0.2, 0) is 20.0 Å². The van der Waals surface area contributed by atoms with Crippen molar-refractivity contribution in [2.45, 2.75) is 24.7 Å². The fourth-order valence-corrected chi connectivity index (χ4v) is 4.06. The number of benzene rings is 1. The van der Waals surface area contributed by atoms with Gasteiger partial charge in [0.05, 0.1) is 11.2 Å². The summed E-state index contributed by atoms with van der Waals surface area (Å²) in [6, 6.07) is 4.54. The zero-order valence-electron chi connectivity index (χ0n) is 16.8. The highest BCUT2D eigenvalue weighted by Gasteiger charge is 2.24. The second-order valence-corrected chi connectivity index (χ2v) is 9.86.